The quantitative estimate of drug-likeness (QED) is 0.677. The van der Waals surface area contributed by atoms with Gasteiger partial charge in [-0.05, 0) is 25.6 Å². The number of carbonyl (C=O) groups is 1. The van der Waals surface area contributed by atoms with Crippen LogP contribution in [0.3, 0.4) is 0 Å². The van der Waals surface area contributed by atoms with Gasteiger partial charge in [0.25, 0.3) is 0 Å². The summed E-state index contributed by atoms with van der Waals surface area (Å²) < 4.78 is 19.1. The Balaban J connectivity index is 2.23. The first-order valence-corrected chi connectivity index (χ1v) is 7.30. The number of halogens is 1. The van der Waals surface area contributed by atoms with Gasteiger partial charge < -0.3 is 20.3 Å². The van der Waals surface area contributed by atoms with E-state index in [4.69, 9.17) is 10.5 Å². The van der Waals surface area contributed by atoms with E-state index in [1.165, 1.54) is 12.1 Å². The topological polar surface area (TPSA) is 58.8 Å². The number of hydrogen-bond donors (Lipinski definition) is 1. The van der Waals surface area contributed by atoms with Gasteiger partial charge in [0.05, 0.1) is 17.9 Å². The van der Waals surface area contributed by atoms with Crippen molar-refractivity contribution in [1.82, 2.24) is 4.90 Å². The van der Waals surface area contributed by atoms with E-state index in [9.17, 15) is 9.18 Å². The van der Waals surface area contributed by atoms with Crippen molar-refractivity contribution < 1.29 is 13.9 Å². The van der Waals surface area contributed by atoms with Crippen LogP contribution in [0.25, 0.3) is 0 Å². The summed E-state index contributed by atoms with van der Waals surface area (Å²) in [6.45, 7) is 8.32. The van der Waals surface area contributed by atoms with Crippen LogP contribution in [-0.2, 0) is 4.74 Å². The molecule has 0 spiro atoms. The van der Waals surface area contributed by atoms with Gasteiger partial charge in [-0.1, -0.05) is 6.92 Å². The minimum Gasteiger partial charge on any atom is -0.462 e. The Bertz CT molecular complexity index is 514. The van der Waals surface area contributed by atoms with Gasteiger partial charge in [0, 0.05) is 31.9 Å². The zero-order valence-electron chi connectivity index (χ0n) is 12.6. The summed E-state index contributed by atoms with van der Waals surface area (Å²) in [5.41, 5.74) is 6.49. The lowest BCUT2D eigenvalue weighted by molar-refractivity contribution is 0.0527. The number of hydrogen-bond acceptors (Lipinski definition) is 5. The molecule has 0 bridgehead atoms. The van der Waals surface area contributed by atoms with E-state index >= 15 is 0 Å². The molecule has 0 aliphatic carbocycles. The fraction of sp³-hybridized carbons (Fsp3) is 0.533. The standard InChI is InChI=1S/C15H22FN3O2/c1-3-18-5-7-19(8-6-18)14-9-11(15(20)21-4-2)13(17)10-12(14)16/h9-10H,3-8,17H2,1-2H3. The number of esters is 1. The molecule has 1 aliphatic heterocycles. The zero-order valence-corrected chi connectivity index (χ0v) is 12.6. The summed E-state index contributed by atoms with van der Waals surface area (Å²) in [4.78, 5) is 16.1. The second-order valence-electron chi connectivity index (χ2n) is 5.03. The van der Waals surface area contributed by atoms with Crippen molar-refractivity contribution in [3.8, 4) is 0 Å². The molecule has 116 valence electrons. The Morgan fingerprint density at radius 2 is 1.95 bits per heavy atom. The normalized spacial score (nSPS) is 16.0. The van der Waals surface area contributed by atoms with Gasteiger partial charge in [0.1, 0.15) is 5.82 Å². The number of nitrogen functional groups attached to an aromatic ring is 1. The summed E-state index contributed by atoms with van der Waals surface area (Å²) in [5, 5.41) is 0. The van der Waals surface area contributed by atoms with Gasteiger partial charge in [0.2, 0.25) is 0 Å². The third-order valence-electron chi connectivity index (χ3n) is 3.77. The molecule has 1 aromatic carbocycles. The van der Waals surface area contributed by atoms with Crippen molar-refractivity contribution in [3.63, 3.8) is 0 Å². The van der Waals surface area contributed by atoms with E-state index < -0.39 is 11.8 Å². The molecule has 0 radical (unpaired) electrons. The minimum absolute atomic E-state index is 0.113. The molecule has 0 aromatic heterocycles. The van der Waals surface area contributed by atoms with Crippen molar-refractivity contribution in [2.75, 3.05) is 50.0 Å². The molecule has 0 unspecified atom stereocenters. The lowest BCUT2D eigenvalue weighted by Gasteiger charge is -2.35. The number of rotatable bonds is 4. The molecule has 0 atom stereocenters. The summed E-state index contributed by atoms with van der Waals surface area (Å²) in [6.07, 6.45) is 0. The van der Waals surface area contributed by atoms with Crippen LogP contribution in [0, 0.1) is 5.82 Å². The number of anilines is 2. The first-order chi connectivity index (χ1) is 10.1. The van der Waals surface area contributed by atoms with Crippen LogP contribution in [0.2, 0.25) is 0 Å². The van der Waals surface area contributed by atoms with Crippen molar-refractivity contribution >= 4 is 17.3 Å². The minimum atomic E-state index is -0.511. The fourth-order valence-electron chi connectivity index (χ4n) is 2.51. The highest BCUT2D eigenvalue weighted by Crippen LogP contribution is 2.27. The molecular weight excluding hydrogens is 273 g/mol. The summed E-state index contributed by atoms with van der Waals surface area (Å²) in [5.74, 6) is -0.908. The van der Waals surface area contributed by atoms with E-state index in [0.29, 0.717) is 5.69 Å². The highest BCUT2D eigenvalue weighted by molar-refractivity contribution is 5.96. The van der Waals surface area contributed by atoms with Gasteiger partial charge in [-0.3, -0.25) is 0 Å². The maximum absolute atomic E-state index is 14.2. The number of piperazine rings is 1. The van der Waals surface area contributed by atoms with Crippen LogP contribution in [0.15, 0.2) is 12.1 Å². The number of ether oxygens (including phenoxy) is 1. The first kappa shape index (κ1) is 15.6. The second-order valence-corrected chi connectivity index (χ2v) is 5.03. The van der Waals surface area contributed by atoms with Gasteiger partial charge in [-0.25, -0.2) is 9.18 Å². The van der Waals surface area contributed by atoms with Crippen LogP contribution < -0.4 is 10.6 Å². The lowest BCUT2D eigenvalue weighted by Crippen LogP contribution is -2.46. The van der Waals surface area contributed by atoms with E-state index in [0.717, 1.165) is 32.7 Å². The first-order valence-electron chi connectivity index (χ1n) is 7.30. The maximum atomic E-state index is 14.2. The SMILES string of the molecule is CCOC(=O)c1cc(N2CCN(CC)CC2)c(F)cc1N. The summed E-state index contributed by atoms with van der Waals surface area (Å²) >= 11 is 0. The summed E-state index contributed by atoms with van der Waals surface area (Å²) in [6, 6.07) is 2.71. The zero-order chi connectivity index (χ0) is 15.4. The molecule has 0 amide bonds. The third-order valence-corrected chi connectivity index (χ3v) is 3.77. The Morgan fingerprint density at radius 1 is 1.29 bits per heavy atom. The van der Waals surface area contributed by atoms with Gasteiger partial charge in [0.15, 0.2) is 0 Å². The molecule has 1 aliphatic rings. The largest absolute Gasteiger partial charge is 0.462 e. The van der Waals surface area contributed by atoms with Crippen LogP contribution in [0.5, 0.6) is 0 Å². The van der Waals surface area contributed by atoms with E-state index in [1.807, 2.05) is 4.90 Å². The van der Waals surface area contributed by atoms with Crippen LogP contribution in [0.1, 0.15) is 24.2 Å². The monoisotopic (exact) mass is 295 g/mol. The number of nitrogens with two attached hydrogens (primary N) is 1. The molecular formula is C15H22FN3O2. The second kappa shape index (κ2) is 6.76. The smallest absolute Gasteiger partial charge is 0.340 e. The molecule has 2 rings (SSSR count). The number of benzene rings is 1. The molecule has 1 aromatic rings. The van der Waals surface area contributed by atoms with Crippen molar-refractivity contribution in [2.45, 2.75) is 13.8 Å². The van der Waals surface area contributed by atoms with E-state index in [-0.39, 0.29) is 17.9 Å². The van der Waals surface area contributed by atoms with Gasteiger partial charge in [-0.2, -0.15) is 0 Å². The van der Waals surface area contributed by atoms with Crippen molar-refractivity contribution in [1.29, 1.82) is 0 Å². The fourth-order valence-corrected chi connectivity index (χ4v) is 2.51. The van der Waals surface area contributed by atoms with Gasteiger partial charge in [-0.15, -0.1) is 0 Å². The maximum Gasteiger partial charge on any atom is 0.340 e. The lowest BCUT2D eigenvalue weighted by atomic mass is 10.1. The van der Waals surface area contributed by atoms with Crippen LogP contribution >= 0.6 is 0 Å². The molecule has 0 saturated carbocycles. The van der Waals surface area contributed by atoms with E-state index in [2.05, 4.69) is 11.8 Å². The van der Waals surface area contributed by atoms with Crippen LogP contribution in [0.4, 0.5) is 15.8 Å². The Morgan fingerprint density at radius 3 is 2.52 bits per heavy atom. The summed E-state index contributed by atoms with van der Waals surface area (Å²) in [7, 11) is 0. The highest BCUT2D eigenvalue weighted by atomic mass is 19.1. The molecule has 1 fully saturated rings. The number of nitrogens with zero attached hydrogens (tertiary/aromatic N) is 2. The Kier molecular flexibility index (Phi) is 5.01. The molecule has 6 heteroatoms. The number of carbonyl (C=O) groups excluding carboxylic acids is 1. The van der Waals surface area contributed by atoms with Crippen molar-refractivity contribution in [2.24, 2.45) is 0 Å². The van der Waals surface area contributed by atoms with Crippen LogP contribution in [-0.4, -0.2) is 50.2 Å². The molecule has 1 saturated heterocycles. The Hall–Kier alpha value is -1.82. The molecule has 2 N–H and O–H groups in total. The Labute approximate surface area is 124 Å². The highest BCUT2D eigenvalue weighted by Gasteiger charge is 2.22. The molecule has 21 heavy (non-hydrogen) atoms. The predicted molar refractivity (Wildman–Crippen MR) is 81.1 cm³/mol. The van der Waals surface area contributed by atoms with Gasteiger partial charge >= 0.3 is 5.97 Å². The number of likely N-dealkylation sites (N-methyl/N-ethyl adjacent to an activating group) is 1. The average Bonchev–Trinajstić information content (AvgIpc) is 2.48. The predicted octanol–water partition coefficient (Wildman–Crippen LogP) is 1.73. The third kappa shape index (κ3) is 3.44. The molecule has 5 nitrogen and oxygen atoms in total. The average molecular weight is 295 g/mol. The van der Waals surface area contributed by atoms with E-state index in [1.54, 1.807) is 6.92 Å². The van der Waals surface area contributed by atoms with Crippen molar-refractivity contribution in [3.05, 3.63) is 23.5 Å². The molecule has 1 heterocycles.